The van der Waals surface area contributed by atoms with Gasteiger partial charge in [0.05, 0.1) is 3.79 Å². The standard InChI is InChI=1S/C13H10Br2F2S/c1-7-8(6-13(15)18-7)10(14)5-9-11(16)3-2-4-12(9)17/h2-4,6,10H,5H2,1H3. The number of halogens is 4. The van der Waals surface area contributed by atoms with Gasteiger partial charge in [0, 0.05) is 15.3 Å². The molecule has 0 saturated heterocycles. The van der Waals surface area contributed by atoms with Crippen LogP contribution >= 0.6 is 43.2 Å². The van der Waals surface area contributed by atoms with Crippen LogP contribution in [0.4, 0.5) is 8.78 Å². The van der Waals surface area contributed by atoms with Crippen LogP contribution in [0.5, 0.6) is 0 Å². The highest BCUT2D eigenvalue weighted by Crippen LogP contribution is 2.37. The summed E-state index contributed by atoms with van der Waals surface area (Å²) in [5.74, 6) is -0.988. The monoisotopic (exact) mass is 394 g/mol. The van der Waals surface area contributed by atoms with E-state index in [-0.39, 0.29) is 10.4 Å². The lowest BCUT2D eigenvalue weighted by Crippen LogP contribution is -2.01. The fraction of sp³-hybridized carbons (Fsp3) is 0.231. The molecule has 0 fully saturated rings. The molecule has 0 amide bonds. The van der Waals surface area contributed by atoms with Crippen LogP contribution in [0.15, 0.2) is 28.1 Å². The predicted molar refractivity (Wildman–Crippen MR) is 78.5 cm³/mol. The molecular weight excluding hydrogens is 386 g/mol. The summed E-state index contributed by atoms with van der Waals surface area (Å²) in [5.41, 5.74) is 1.19. The number of hydrogen-bond acceptors (Lipinski definition) is 1. The van der Waals surface area contributed by atoms with Crippen LogP contribution in [-0.2, 0) is 6.42 Å². The number of thiophene rings is 1. The molecule has 0 nitrogen and oxygen atoms in total. The zero-order valence-corrected chi connectivity index (χ0v) is 13.5. The molecule has 0 bridgehead atoms. The quantitative estimate of drug-likeness (QED) is 0.578. The summed E-state index contributed by atoms with van der Waals surface area (Å²) in [6.45, 7) is 2.00. The van der Waals surface area contributed by atoms with Crippen molar-refractivity contribution in [2.75, 3.05) is 0 Å². The van der Waals surface area contributed by atoms with Crippen LogP contribution in [0.25, 0.3) is 0 Å². The van der Waals surface area contributed by atoms with E-state index in [9.17, 15) is 8.78 Å². The number of rotatable bonds is 3. The Labute approximate surface area is 125 Å². The van der Waals surface area contributed by atoms with Gasteiger partial charge >= 0.3 is 0 Å². The van der Waals surface area contributed by atoms with Gasteiger partial charge in [-0.25, -0.2) is 8.78 Å². The lowest BCUT2D eigenvalue weighted by molar-refractivity contribution is 0.554. The molecular formula is C13H10Br2F2S. The molecule has 0 radical (unpaired) electrons. The van der Waals surface area contributed by atoms with Crippen molar-refractivity contribution < 1.29 is 8.78 Å². The summed E-state index contributed by atoms with van der Waals surface area (Å²) in [7, 11) is 0. The van der Waals surface area contributed by atoms with Crippen molar-refractivity contribution >= 4 is 43.2 Å². The molecule has 0 aliphatic carbocycles. The summed E-state index contributed by atoms with van der Waals surface area (Å²) in [5, 5.41) is 0. The molecule has 96 valence electrons. The summed E-state index contributed by atoms with van der Waals surface area (Å²) < 4.78 is 28.2. The van der Waals surface area contributed by atoms with E-state index in [1.165, 1.54) is 18.2 Å². The molecule has 0 spiro atoms. The molecule has 2 rings (SSSR count). The van der Waals surface area contributed by atoms with Gasteiger partial charge in [0.25, 0.3) is 0 Å². The highest BCUT2D eigenvalue weighted by molar-refractivity contribution is 9.11. The van der Waals surface area contributed by atoms with Crippen molar-refractivity contribution in [3.05, 3.63) is 55.7 Å². The number of hydrogen-bond donors (Lipinski definition) is 0. The molecule has 5 heteroatoms. The molecule has 1 heterocycles. The van der Waals surface area contributed by atoms with Crippen LogP contribution in [0, 0.1) is 18.6 Å². The van der Waals surface area contributed by atoms with Gasteiger partial charge in [-0.15, -0.1) is 11.3 Å². The summed E-state index contributed by atoms with van der Waals surface area (Å²) in [6.07, 6.45) is 0.294. The SMILES string of the molecule is Cc1sc(Br)cc1C(Br)Cc1c(F)cccc1F. The Kier molecular flexibility index (Phi) is 4.56. The minimum Gasteiger partial charge on any atom is -0.207 e. The molecule has 1 aromatic carbocycles. The molecule has 0 N–H and O–H groups in total. The summed E-state index contributed by atoms with van der Waals surface area (Å²) in [6, 6.07) is 5.94. The second kappa shape index (κ2) is 5.80. The molecule has 18 heavy (non-hydrogen) atoms. The van der Waals surface area contributed by atoms with E-state index in [1.54, 1.807) is 11.3 Å². The largest absolute Gasteiger partial charge is 0.207 e. The Morgan fingerprint density at radius 2 is 1.89 bits per heavy atom. The van der Waals surface area contributed by atoms with E-state index >= 15 is 0 Å². The number of benzene rings is 1. The van der Waals surface area contributed by atoms with Crippen LogP contribution in [0.2, 0.25) is 0 Å². The fourth-order valence-electron chi connectivity index (χ4n) is 1.79. The zero-order chi connectivity index (χ0) is 13.3. The smallest absolute Gasteiger partial charge is 0.129 e. The minimum atomic E-state index is -0.494. The minimum absolute atomic E-state index is 0.0913. The zero-order valence-electron chi connectivity index (χ0n) is 9.51. The second-order valence-corrected chi connectivity index (χ2v) is 7.67. The van der Waals surface area contributed by atoms with E-state index in [2.05, 4.69) is 31.9 Å². The first-order chi connectivity index (χ1) is 8.49. The summed E-state index contributed by atoms with van der Waals surface area (Å²) in [4.78, 5) is 1.05. The average Bonchev–Trinajstić information content (AvgIpc) is 2.63. The van der Waals surface area contributed by atoms with Crippen molar-refractivity contribution in [3.8, 4) is 0 Å². The third-order valence-corrected chi connectivity index (χ3v) is 5.09. The van der Waals surface area contributed by atoms with Gasteiger partial charge in [-0.05, 0) is 53.0 Å². The van der Waals surface area contributed by atoms with Gasteiger partial charge in [-0.2, -0.15) is 0 Å². The van der Waals surface area contributed by atoms with Gasteiger partial charge in [0.2, 0.25) is 0 Å². The third-order valence-electron chi connectivity index (χ3n) is 2.71. The Morgan fingerprint density at radius 1 is 1.28 bits per heavy atom. The molecule has 1 aromatic heterocycles. The van der Waals surface area contributed by atoms with Gasteiger partial charge in [-0.3, -0.25) is 0 Å². The maximum absolute atomic E-state index is 13.6. The second-order valence-electron chi connectivity index (χ2n) is 3.93. The average molecular weight is 396 g/mol. The van der Waals surface area contributed by atoms with Gasteiger partial charge in [0.1, 0.15) is 11.6 Å². The van der Waals surface area contributed by atoms with Crippen molar-refractivity contribution in [1.29, 1.82) is 0 Å². The van der Waals surface area contributed by atoms with E-state index in [0.29, 0.717) is 6.42 Å². The van der Waals surface area contributed by atoms with E-state index in [1.807, 2.05) is 13.0 Å². The first-order valence-electron chi connectivity index (χ1n) is 5.32. The molecule has 1 atom stereocenters. The molecule has 0 aliphatic rings. The van der Waals surface area contributed by atoms with Crippen molar-refractivity contribution in [1.82, 2.24) is 0 Å². The van der Waals surface area contributed by atoms with Crippen molar-refractivity contribution in [2.24, 2.45) is 0 Å². The summed E-state index contributed by atoms with van der Waals surface area (Å²) >= 11 is 8.54. The topological polar surface area (TPSA) is 0 Å². The first kappa shape index (κ1) is 14.2. The van der Waals surface area contributed by atoms with Crippen LogP contribution in [-0.4, -0.2) is 0 Å². The van der Waals surface area contributed by atoms with E-state index < -0.39 is 11.6 Å². The maximum Gasteiger partial charge on any atom is 0.129 e. The number of alkyl halides is 1. The Bertz CT molecular complexity index is 546. The van der Waals surface area contributed by atoms with Crippen LogP contribution < -0.4 is 0 Å². The highest BCUT2D eigenvalue weighted by Gasteiger charge is 2.18. The van der Waals surface area contributed by atoms with Crippen molar-refractivity contribution in [2.45, 2.75) is 18.2 Å². The van der Waals surface area contributed by atoms with E-state index in [0.717, 1.165) is 14.2 Å². The lowest BCUT2D eigenvalue weighted by Gasteiger charge is -2.11. The number of aryl methyl sites for hydroxylation is 1. The van der Waals surface area contributed by atoms with Gasteiger partial charge in [0.15, 0.2) is 0 Å². The lowest BCUT2D eigenvalue weighted by atomic mass is 10.0. The van der Waals surface area contributed by atoms with E-state index in [4.69, 9.17) is 0 Å². The Hall–Kier alpha value is -0.260. The third kappa shape index (κ3) is 3.00. The predicted octanol–water partition coefficient (Wildman–Crippen LogP) is 5.78. The molecule has 0 aliphatic heterocycles. The Morgan fingerprint density at radius 3 is 2.39 bits per heavy atom. The normalized spacial score (nSPS) is 12.7. The van der Waals surface area contributed by atoms with Gasteiger partial charge < -0.3 is 0 Å². The first-order valence-corrected chi connectivity index (χ1v) is 7.84. The Balaban J connectivity index is 2.26. The molecule has 1 unspecified atom stereocenters. The van der Waals surface area contributed by atoms with Crippen LogP contribution in [0.1, 0.15) is 20.8 Å². The molecule has 2 aromatic rings. The van der Waals surface area contributed by atoms with Crippen LogP contribution in [0.3, 0.4) is 0 Å². The fourth-order valence-corrected chi connectivity index (χ4v) is 4.51. The maximum atomic E-state index is 13.6. The highest BCUT2D eigenvalue weighted by atomic mass is 79.9. The van der Waals surface area contributed by atoms with Crippen molar-refractivity contribution in [3.63, 3.8) is 0 Å². The van der Waals surface area contributed by atoms with Gasteiger partial charge in [-0.1, -0.05) is 22.0 Å². The molecule has 0 saturated carbocycles.